The Balaban J connectivity index is 2.14. The molecule has 2 heterocycles. The van der Waals surface area contributed by atoms with Gasteiger partial charge in [0.2, 0.25) is 0 Å². The third-order valence-electron chi connectivity index (χ3n) is 2.62. The highest BCUT2D eigenvalue weighted by Crippen LogP contribution is 2.24. The molecule has 0 radical (unpaired) electrons. The highest BCUT2D eigenvalue weighted by molar-refractivity contribution is 5.93. The zero-order valence-corrected chi connectivity index (χ0v) is 7.42. The lowest BCUT2D eigenvalue weighted by molar-refractivity contribution is 0.0904. The predicted molar refractivity (Wildman–Crippen MR) is 50.8 cm³/mol. The summed E-state index contributed by atoms with van der Waals surface area (Å²) in [7, 11) is 0. The van der Waals surface area contributed by atoms with E-state index in [4.69, 9.17) is 0 Å². The number of amides is 1. The van der Waals surface area contributed by atoms with E-state index in [2.05, 4.69) is 16.4 Å². The van der Waals surface area contributed by atoms with Crippen LogP contribution in [0.15, 0.2) is 36.8 Å². The molecule has 70 valence electrons. The van der Waals surface area contributed by atoms with E-state index < -0.39 is 0 Å². The molecule has 0 fully saturated rings. The average molecular weight is 187 g/mol. The first-order valence-electron chi connectivity index (χ1n) is 4.54. The van der Waals surface area contributed by atoms with Crippen LogP contribution < -0.4 is 5.32 Å². The number of rotatable bonds is 0. The lowest BCUT2D eigenvalue weighted by Gasteiger charge is -2.31. The van der Waals surface area contributed by atoms with Crippen molar-refractivity contribution in [1.82, 2.24) is 14.9 Å². The second kappa shape index (κ2) is 2.57. The Bertz CT molecular complexity index is 444. The van der Waals surface area contributed by atoms with Crippen LogP contribution in [0.2, 0.25) is 0 Å². The summed E-state index contributed by atoms with van der Waals surface area (Å²) >= 11 is 0. The van der Waals surface area contributed by atoms with Gasteiger partial charge in [-0.2, -0.15) is 0 Å². The molecule has 1 aliphatic heterocycles. The summed E-state index contributed by atoms with van der Waals surface area (Å²) in [5, 5.41) is 2.92. The van der Waals surface area contributed by atoms with Crippen LogP contribution >= 0.6 is 0 Å². The molecule has 4 heteroatoms. The molecule has 0 saturated heterocycles. The fourth-order valence-corrected chi connectivity index (χ4v) is 1.94. The maximum absolute atomic E-state index is 11.6. The minimum Gasteiger partial charge on any atom is -0.342 e. The van der Waals surface area contributed by atoms with Gasteiger partial charge >= 0.3 is 0 Å². The Labute approximate surface area is 80.9 Å². The Morgan fingerprint density at radius 3 is 3.14 bits per heavy atom. The van der Waals surface area contributed by atoms with Gasteiger partial charge in [0.25, 0.3) is 5.91 Å². The van der Waals surface area contributed by atoms with Crippen LogP contribution in [0.25, 0.3) is 0 Å². The van der Waals surface area contributed by atoms with E-state index >= 15 is 0 Å². The SMILES string of the molecule is O=C1NC2C=CC=CC2n2cncc21. The average Bonchev–Trinajstić information content (AvgIpc) is 2.67. The number of allylic oxidation sites excluding steroid dienone is 2. The smallest absolute Gasteiger partial charge is 0.270 e. The summed E-state index contributed by atoms with van der Waals surface area (Å²) in [6.45, 7) is 0. The molecule has 1 amide bonds. The number of hydrogen-bond acceptors (Lipinski definition) is 2. The third kappa shape index (κ3) is 0.878. The first-order chi connectivity index (χ1) is 6.86. The molecule has 2 atom stereocenters. The number of carbonyl (C=O) groups is 1. The molecule has 4 nitrogen and oxygen atoms in total. The van der Waals surface area contributed by atoms with Crippen molar-refractivity contribution in [3.05, 3.63) is 42.5 Å². The van der Waals surface area contributed by atoms with Gasteiger partial charge < -0.3 is 9.88 Å². The van der Waals surface area contributed by atoms with Crippen molar-refractivity contribution >= 4 is 5.91 Å². The normalized spacial score (nSPS) is 28.1. The van der Waals surface area contributed by atoms with Crippen molar-refractivity contribution in [3.8, 4) is 0 Å². The number of nitrogens with one attached hydrogen (secondary N) is 1. The Morgan fingerprint density at radius 2 is 2.21 bits per heavy atom. The number of aromatic nitrogens is 2. The molecule has 1 aliphatic carbocycles. The standard InChI is InChI=1S/C10H9N3O/c14-10-9-5-11-6-13(9)8-4-2-1-3-7(8)12-10/h1-8H,(H,12,14). The highest BCUT2D eigenvalue weighted by atomic mass is 16.2. The van der Waals surface area contributed by atoms with Crippen LogP contribution in [-0.4, -0.2) is 21.5 Å². The number of nitrogens with zero attached hydrogens (tertiary/aromatic N) is 2. The minimum atomic E-state index is -0.0521. The molecule has 2 aliphatic rings. The zero-order valence-electron chi connectivity index (χ0n) is 7.42. The Kier molecular flexibility index (Phi) is 1.39. The van der Waals surface area contributed by atoms with Crippen LogP contribution in [0.5, 0.6) is 0 Å². The first-order valence-corrected chi connectivity index (χ1v) is 4.54. The fourth-order valence-electron chi connectivity index (χ4n) is 1.94. The zero-order chi connectivity index (χ0) is 9.54. The predicted octanol–water partition coefficient (Wildman–Crippen LogP) is 0.662. The van der Waals surface area contributed by atoms with Crippen LogP contribution in [-0.2, 0) is 0 Å². The molecular formula is C10H9N3O. The third-order valence-corrected chi connectivity index (χ3v) is 2.62. The van der Waals surface area contributed by atoms with E-state index in [1.165, 1.54) is 0 Å². The summed E-state index contributed by atoms with van der Waals surface area (Å²) in [4.78, 5) is 15.6. The van der Waals surface area contributed by atoms with E-state index in [-0.39, 0.29) is 18.0 Å². The van der Waals surface area contributed by atoms with Gasteiger partial charge in [-0.1, -0.05) is 24.3 Å². The number of imidazole rings is 1. The van der Waals surface area contributed by atoms with Crippen LogP contribution in [0.4, 0.5) is 0 Å². The summed E-state index contributed by atoms with van der Waals surface area (Å²) in [5.41, 5.74) is 0.631. The highest BCUT2D eigenvalue weighted by Gasteiger charge is 2.30. The van der Waals surface area contributed by atoms with Gasteiger partial charge in [0, 0.05) is 0 Å². The van der Waals surface area contributed by atoms with Crippen molar-refractivity contribution in [1.29, 1.82) is 0 Å². The van der Waals surface area contributed by atoms with E-state index in [9.17, 15) is 4.79 Å². The minimum absolute atomic E-state index is 0.0521. The molecule has 0 saturated carbocycles. The van der Waals surface area contributed by atoms with Gasteiger partial charge in [-0.3, -0.25) is 4.79 Å². The summed E-state index contributed by atoms with van der Waals surface area (Å²) in [5.74, 6) is -0.0521. The lowest BCUT2D eigenvalue weighted by Crippen LogP contribution is -2.46. The second-order valence-electron chi connectivity index (χ2n) is 3.45. The van der Waals surface area contributed by atoms with Crippen molar-refractivity contribution < 1.29 is 4.79 Å². The Morgan fingerprint density at radius 1 is 1.36 bits per heavy atom. The molecule has 14 heavy (non-hydrogen) atoms. The van der Waals surface area contributed by atoms with E-state index in [1.807, 2.05) is 22.8 Å². The van der Waals surface area contributed by atoms with Gasteiger partial charge in [0.15, 0.2) is 0 Å². The Hall–Kier alpha value is -1.84. The summed E-state index contributed by atoms with van der Waals surface area (Å²) < 4.78 is 1.91. The monoisotopic (exact) mass is 187 g/mol. The number of fused-ring (bicyclic) bond motifs is 3. The van der Waals surface area contributed by atoms with Crippen LogP contribution in [0.3, 0.4) is 0 Å². The first kappa shape index (κ1) is 7.55. The molecule has 0 bridgehead atoms. The topological polar surface area (TPSA) is 46.9 Å². The quantitative estimate of drug-likeness (QED) is 0.648. The summed E-state index contributed by atoms with van der Waals surface area (Å²) in [6, 6.07) is 0.240. The van der Waals surface area contributed by atoms with Gasteiger partial charge in [0.1, 0.15) is 5.69 Å². The molecular weight excluding hydrogens is 178 g/mol. The van der Waals surface area contributed by atoms with E-state index in [1.54, 1.807) is 12.5 Å². The van der Waals surface area contributed by atoms with Crippen molar-refractivity contribution in [2.75, 3.05) is 0 Å². The maximum atomic E-state index is 11.6. The number of carbonyl (C=O) groups excluding carboxylic acids is 1. The summed E-state index contributed by atoms with van der Waals surface area (Å²) in [6.07, 6.45) is 11.3. The van der Waals surface area contributed by atoms with Crippen molar-refractivity contribution in [2.45, 2.75) is 12.1 Å². The number of hydrogen-bond donors (Lipinski definition) is 1. The molecule has 1 N–H and O–H groups in total. The fraction of sp³-hybridized carbons (Fsp3) is 0.200. The van der Waals surface area contributed by atoms with Crippen molar-refractivity contribution in [3.63, 3.8) is 0 Å². The lowest BCUT2D eigenvalue weighted by atomic mass is 10.00. The van der Waals surface area contributed by atoms with E-state index in [0.29, 0.717) is 5.69 Å². The van der Waals surface area contributed by atoms with Gasteiger partial charge in [-0.25, -0.2) is 4.98 Å². The molecule has 0 aromatic carbocycles. The van der Waals surface area contributed by atoms with E-state index in [0.717, 1.165) is 0 Å². The molecule has 1 aromatic rings. The van der Waals surface area contributed by atoms with Gasteiger partial charge in [-0.15, -0.1) is 0 Å². The molecule has 2 unspecified atom stereocenters. The maximum Gasteiger partial charge on any atom is 0.270 e. The molecule has 3 rings (SSSR count). The van der Waals surface area contributed by atoms with Crippen LogP contribution in [0.1, 0.15) is 16.5 Å². The largest absolute Gasteiger partial charge is 0.342 e. The molecule has 0 spiro atoms. The van der Waals surface area contributed by atoms with Crippen LogP contribution in [0, 0.1) is 0 Å². The van der Waals surface area contributed by atoms with Gasteiger partial charge in [-0.05, 0) is 0 Å². The van der Waals surface area contributed by atoms with Gasteiger partial charge in [0.05, 0.1) is 24.6 Å². The molecule has 1 aromatic heterocycles. The second-order valence-corrected chi connectivity index (χ2v) is 3.45. The van der Waals surface area contributed by atoms with Crippen molar-refractivity contribution in [2.24, 2.45) is 0 Å².